The van der Waals surface area contributed by atoms with Crippen molar-refractivity contribution in [2.45, 2.75) is 67.5 Å². The van der Waals surface area contributed by atoms with Gasteiger partial charge in [-0.25, -0.2) is 42.8 Å². The molecule has 3 fully saturated rings. The van der Waals surface area contributed by atoms with E-state index >= 15 is 0 Å². The molecule has 0 amide bonds. The summed E-state index contributed by atoms with van der Waals surface area (Å²) in [5.74, 6) is -1.75. The molecule has 3 aliphatic rings. The number of phosphoric ester groups is 3. The number of nitrogens with two attached hydrogens (primary N) is 3. The number of rotatable bonds is 23. The van der Waals surface area contributed by atoms with Gasteiger partial charge in [-0.2, -0.15) is 13.6 Å². The zero-order valence-electron chi connectivity index (χ0n) is 40.6. The van der Waals surface area contributed by atoms with Crippen LogP contribution in [0.25, 0.3) is 33.5 Å². The number of aliphatic hydroxyl groups excluding tert-OH is 3. The Kier molecular flexibility index (Phi) is 16.6. The van der Waals surface area contributed by atoms with Crippen molar-refractivity contribution in [3.8, 4) is 0 Å². The van der Waals surface area contributed by atoms with Gasteiger partial charge in [0.2, 0.25) is 17.7 Å². The summed E-state index contributed by atoms with van der Waals surface area (Å²) in [6.45, 7) is 0.0214. The molecule has 0 aromatic carbocycles. The van der Waals surface area contributed by atoms with Crippen LogP contribution in [0.4, 0.5) is 17.7 Å². The average molecular weight is 1200 g/mol. The molecule has 43 heteroatoms. The first-order valence-corrected chi connectivity index (χ1v) is 28.7. The number of fused-ring (bicyclic) bond motifs is 3. The summed E-state index contributed by atoms with van der Waals surface area (Å²) in [7, 11) is -20.8. The van der Waals surface area contributed by atoms with Crippen molar-refractivity contribution in [1.82, 2.24) is 53.6 Å². The molecule has 9 rings (SSSR count). The normalized spacial score (nSPS) is 29.5. The van der Waals surface area contributed by atoms with Crippen molar-refractivity contribution in [2.75, 3.05) is 57.3 Å². The Morgan fingerprint density at radius 3 is 2.01 bits per heavy atom. The molecule has 79 heavy (non-hydrogen) atoms. The minimum Gasteiger partial charge on any atom is -0.387 e. The van der Waals surface area contributed by atoms with E-state index in [0.717, 1.165) is 30.7 Å². The number of hydrogen-bond acceptors (Lipinski definition) is 29. The molecule has 3 aliphatic heterocycles. The fourth-order valence-electron chi connectivity index (χ4n) is 8.87. The van der Waals surface area contributed by atoms with Crippen LogP contribution in [-0.2, 0) is 75.7 Å². The number of ether oxygens (including phenoxy) is 5. The molecular formula is C36H50N15O24P4+. The van der Waals surface area contributed by atoms with E-state index in [4.69, 9.17) is 59.0 Å². The Labute approximate surface area is 439 Å². The second-order valence-corrected chi connectivity index (χ2v) is 23.5. The molecule has 16 atom stereocenters. The monoisotopic (exact) mass is 1200 g/mol. The standard InChI is InChI=1S/C36H49N15O24P4/c1-4-5-66-6-14-15(70-32(21(14)52)51-13-48(2)20-29(51)45-36(39)47-31(20)56)7-68-77(59,60)74-79(63,64)75-78(61,62)69-9-17-24(25(65-3)34(72-17)49-11-42-18-26(37)40-10-41-27(18)49)73-76(57,58)67-8-16-22(53)23(54)33(71-16)50-12-43-19-28(50)44-35(38)46-30(19)55/h4,10-17,21-25,32-34,52-54H,1,5-9H2,2-3H3,(H11-,37,38,39,40,41,44,45,46,47,55,56,57,58,59,60,61,62,63,64)/p+1/t14-,15-,16-,17-,21-,22-,23-,24-,25-,32-,33-,34-/m1/s1. The molecule has 0 radical (unpaired) electrons. The molecule has 0 saturated carbocycles. The van der Waals surface area contributed by atoms with Crippen LogP contribution >= 0.6 is 31.3 Å². The highest BCUT2D eigenvalue weighted by Crippen LogP contribution is 2.68. The van der Waals surface area contributed by atoms with Crippen LogP contribution in [0.15, 0.2) is 47.6 Å². The lowest BCUT2D eigenvalue weighted by Crippen LogP contribution is -2.45. The summed E-state index contributed by atoms with van der Waals surface area (Å²) < 4.78 is 116. The van der Waals surface area contributed by atoms with Gasteiger partial charge in [-0.05, 0) is 0 Å². The molecule has 9 heterocycles. The molecule has 432 valence electrons. The van der Waals surface area contributed by atoms with Crippen LogP contribution < -0.4 is 32.9 Å². The molecule has 0 bridgehead atoms. The number of phosphoric acid groups is 4. The van der Waals surface area contributed by atoms with Crippen LogP contribution in [0, 0.1) is 5.92 Å². The quantitative estimate of drug-likeness (QED) is 0.0130. The number of aliphatic hydroxyl groups is 3. The first-order valence-electron chi connectivity index (χ1n) is 22.7. The van der Waals surface area contributed by atoms with E-state index in [1.807, 2.05) is 0 Å². The van der Waals surface area contributed by atoms with Crippen molar-refractivity contribution >= 4 is 82.5 Å². The summed E-state index contributed by atoms with van der Waals surface area (Å²) in [5, 5.41) is 33.2. The number of nitrogens with zero attached hydrogens (tertiary/aromatic N) is 10. The van der Waals surface area contributed by atoms with E-state index in [1.54, 1.807) is 0 Å². The predicted molar refractivity (Wildman–Crippen MR) is 257 cm³/mol. The van der Waals surface area contributed by atoms with Crippen molar-refractivity contribution < 1.29 is 108 Å². The van der Waals surface area contributed by atoms with Crippen molar-refractivity contribution in [1.29, 1.82) is 0 Å². The number of aryl methyl sites for hydroxylation is 1. The van der Waals surface area contributed by atoms with Gasteiger partial charge in [0, 0.05) is 13.0 Å². The van der Waals surface area contributed by atoms with E-state index in [9.17, 15) is 62.7 Å². The summed E-state index contributed by atoms with van der Waals surface area (Å²) in [6.07, 6.45) is -11.6. The minimum atomic E-state index is -6.20. The third kappa shape index (κ3) is 12.1. The maximum absolute atomic E-state index is 13.7. The fourth-order valence-corrected chi connectivity index (χ4v) is 13.4. The Balaban J connectivity index is 0.873. The van der Waals surface area contributed by atoms with Crippen molar-refractivity contribution in [2.24, 2.45) is 13.0 Å². The minimum absolute atomic E-state index is 0.0126. The van der Waals surface area contributed by atoms with E-state index < -0.39 is 136 Å². The first-order chi connectivity index (χ1) is 37.2. The number of aromatic amines is 2. The van der Waals surface area contributed by atoms with Crippen molar-refractivity contribution in [3.63, 3.8) is 0 Å². The number of hydrogen-bond donors (Lipinski definition) is 12. The highest BCUT2D eigenvalue weighted by Gasteiger charge is 2.54. The molecule has 6 aromatic heterocycles. The van der Waals surface area contributed by atoms with E-state index in [2.05, 4.69) is 55.1 Å². The molecule has 4 unspecified atom stereocenters. The summed E-state index contributed by atoms with van der Waals surface area (Å²) >= 11 is 0. The van der Waals surface area contributed by atoms with Gasteiger partial charge in [-0.1, -0.05) is 11.1 Å². The van der Waals surface area contributed by atoms with Gasteiger partial charge >= 0.3 is 36.9 Å². The third-order valence-electron chi connectivity index (χ3n) is 12.3. The lowest BCUT2D eigenvalue weighted by molar-refractivity contribution is -0.745. The summed E-state index contributed by atoms with van der Waals surface area (Å²) in [5.41, 5.74) is 15.7. The molecule has 39 nitrogen and oxygen atoms in total. The van der Waals surface area contributed by atoms with E-state index in [0.29, 0.717) is 0 Å². The summed E-state index contributed by atoms with van der Waals surface area (Å²) in [6, 6.07) is 0. The Hall–Kier alpha value is -5.41. The molecule has 0 aliphatic carbocycles. The second-order valence-electron chi connectivity index (χ2n) is 17.5. The van der Waals surface area contributed by atoms with Gasteiger partial charge in [0.1, 0.15) is 54.6 Å². The smallest absolute Gasteiger partial charge is 0.387 e. The number of H-pyrrole nitrogens is 2. The molecule has 3 saturated heterocycles. The third-order valence-corrected chi connectivity index (χ3v) is 17.5. The average Bonchev–Trinajstić information content (AvgIpc) is 4.43. The SMILES string of the molecule is C=CCOC[C@H]1[C@@H](O)[C@H]([n+]2cn(C)c3c(=O)[nH]c(N)nc32)O[C@@H]1COP(=O)(O)OP(=O)(O)OP(=O)(O)OC[C@H]1O[C@@H](n2cnc3c(N)ncnc32)[C@H](OC)[C@@H]1OP(=O)(O)OC[C@H]1O[C@@H](n2cnc3c(=O)[nH]c(N)nc32)[C@H](O)[C@@H]1O. The Bertz CT molecular complexity index is 3580. The number of nitrogen functional groups attached to an aromatic ring is 3. The largest absolute Gasteiger partial charge is 0.490 e. The van der Waals surface area contributed by atoms with E-state index in [1.165, 1.54) is 33.2 Å². The van der Waals surface area contributed by atoms with Gasteiger partial charge in [0.05, 0.1) is 58.8 Å². The summed E-state index contributed by atoms with van der Waals surface area (Å²) in [4.78, 5) is 96.7. The Morgan fingerprint density at radius 2 is 1.33 bits per heavy atom. The van der Waals surface area contributed by atoms with Crippen LogP contribution in [0.2, 0.25) is 0 Å². The highest BCUT2D eigenvalue weighted by molar-refractivity contribution is 7.66. The molecule has 6 aromatic rings. The number of imidazole rings is 3. The number of anilines is 3. The van der Waals surface area contributed by atoms with Gasteiger partial charge in [-0.15, -0.1) is 6.58 Å². The molecule has 15 N–H and O–H groups in total. The molecule has 0 spiro atoms. The zero-order chi connectivity index (χ0) is 57.1. The van der Waals surface area contributed by atoms with Gasteiger partial charge < -0.3 is 75.8 Å². The van der Waals surface area contributed by atoms with Gasteiger partial charge in [0.25, 0.3) is 17.1 Å². The van der Waals surface area contributed by atoms with Crippen LogP contribution in [0.5, 0.6) is 0 Å². The lowest BCUT2D eigenvalue weighted by atomic mass is 9.99. The highest BCUT2D eigenvalue weighted by atomic mass is 31.3. The first kappa shape index (κ1) is 58.3. The number of methoxy groups -OCH3 is 1. The number of aromatic nitrogens is 12. The topological polar surface area (TPSA) is 551 Å². The maximum Gasteiger partial charge on any atom is 0.490 e. The number of nitrogens with one attached hydrogen (secondary N) is 2. The Morgan fingerprint density at radius 1 is 0.722 bits per heavy atom. The predicted octanol–water partition coefficient (Wildman–Crippen LogP) is -3.25. The maximum atomic E-state index is 13.7. The van der Waals surface area contributed by atoms with Gasteiger partial charge in [0.15, 0.2) is 41.4 Å². The van der Waals surface area contributed by atoms with Crippen LogP contribution in [0.1, 0.15) is 18.7 Å². The van der Waals surface area contributed by atoms with Crippen LogP contribution in [0.3, 0.4) is 0 Å². The lowest BCUT2D eigenvalue weighted by Gasteiger charge is -2.26. The van der Waals surface area contributed by atoms with E-state index in [-0.39, 0.29) is 64.4 Å². The van der Waals surface area contributed by atoms with Crippen molar-refractivity contribution in [3.05, 3.63) is 58.7 Å². The zero-order valence-corrected chi connectivity index (χ0v) is 44.2. The van der Waals surface area contributed by atoms with Gasteiger partial charge in [-0.3, -0.25) is 51.4 Å². The second kappa shape index (κ2) is 22.5. The molecular weight excluding hydrogens is 1150 g/mol. The van der Waals surface area contributed by atoms with Crippen LogP contribution in [-0.4, -0.2) is 177 Å². The fraction of sp³-hybridized carbons (Fsp3) is 0.528.